The van der Waals surface area contributed by atoms with Crippen LogP contribution in [0.25, 0.3) is 0 Å². The normalized spacial score (nSPS) is 25.0. The fourth-order valence-corrected chi connectivity index (χ4v) is 2.52. The summed E-state index contributed by atoms with van der Waals surface area (Å²) in [6, 6.07) is 0.828. The lowest BCUT2D eigenvalue weighted by Gasteiger charge is -2.20. The fourth-order valence-electron chi connectivity index (χ4n) is 2.52. The summed E-state index contributed by atoms with van der Waals surface area (Å²) in [5.41, 5.74) is 0. The van der Waals surface area contributed by atoms with Crippen molar-refractivity contribution in [1.29, 1.82) is 0 Å². The van der Waals surface area contributed by atoms with Crippen molar-refractivity contribution >= 4 is 0 Å². The maximum Gasteiger partial charge on any atom is 0.00670 e. The molecule has 0 aromatic heterocycles. The highest BCUT2D eigenvalue weighted by Gasteiger charge is 2.08. The van der Waals surface area contributed by atoms with Gasteiger partial charge in [0.25, 0.3) is 0 Å². The van der Waals surface area contributed by atoms with Crippen LogP contribution in [-0.4, -0.2) is 12.6 Å². The van der Waals surface area contributed by atoms with Crippen LogP contribution in [0, 0.1) is 0 Å². The summed E-state index contributed by atoms with van der Waals surface area (Å²) in [6.07, 6.45) is 15.7. The van der Waals surface area contributed by atoms with Crippen LogP contribution in [-0.2, 0) is 0 Å². The van der Waals surface area contributed by atoms with Gasteiger partial charge in [-0.2, -0.15) is 0 Å². The molecule has 15 heavy (non-hydrogen) atoms. The Hall–Kier alpha value is -0.0400. The molecule has 0 radical (unpaired) electrons. The third-order valence-corrected chi connectivity index (χ3v) is 3.57. The maximum absolute atomic E-state index is 3.75. The van der Waals surface area contributed by atoms with Gasteiger partial charge < -0.3 is 5.32 Å². The monoisotopic (exact) mass is 211 g/mol. The maximum atomic E-state index is 3.75. The number of nitrogens with one attached hydrogen (secondary N) is 1. The quantitative estimate of drug-likeness (QED) is 0.685. The molecular formula is C14H29N. The van der Waals surface area contributed by atoms with Crippen LogP contribution in [0.15, 0.2) is 0 Å². The van der Waals surface area contributed by atoms with Crippen molar-refractivity contribution in [2.75, 3.05) is 6.54 Å². The van der Waals surface area contributed by atoms with Crippen LogP contribution in [0.2, 0.25) is 0 Å². The largest absolute Gasteiger partial charge is 0.314 e. The SMILES string of the molecule is CCCCCC1CCCCCCCCN1. The minimum absolute atomic E-state index is 0.828. The smallest absolute Gasteiger partial charge is 0.00670 e. The van der Waals surface area contributed by atoms with Gasteiger partial charge in [0.2, 0.25) is 0 Å². The van der Waals surface area contributed by atoms with Crippen LogP contribution in [0.5, 0.6) is 0 Å². The van der Waals surface area contributed by atoms with E-state index in [1.54, 1.807) is 0 Å². The molecule has 1 rings (SSSR count). The molecule has 1 nitrogen and oxygen atoms in total. The Morgan fingerprint density at radius 2 is 1.67 bits per heavy atom. The molecule has 1 aliphatic rings. The molecule has 1 unspecified atom stereocenters. The van der Waals surface area contributed by atoms with Gasteiger partial charge in [-0.15, -0.1) is 0 Å². The Morgan fingerprint density at radius 1 is 0.933 bits per heavy atom. The minimum atomic E-state index is 0.828. The van der Waals surface area contributed by atoms with E-state index in [1.165, 1.54) is 77.2 Å². The topological polar surface area (TPSA) is 12.0 Å². The van der Waals surface area contributed by atoms with Crippen LogP contribution in [0.1, 0.15) is 77.6 Å². The van der Waals surface area contributed by atoms with Gasteiger partial charge in [0, 0.05) is 6.04 Å². The summed E-state index contributed by atoms with van der Waals surface area (Å²) in [5.74, 6) is 0. The Bertz CT molecular complexity index is 121. The third kappa shape index (κ3) is 6.94. The molecule has 0 saturated carbocycles. The third-order valence-electron chi connectivity index (χ3n) is 3.57. The second-order valence-corrected chi connectivity index (χ2v) is 5.06. The second kappa shape index (κ2) is 9.21. The molecule has 1 saturated heterocycles. The molecule has 1 heteroatoms. The Kier molecular flexibility index (Phi) is 7.99. The van der Waals surface area contributed by atoms with Gasteiger partial charge in [-0.3, -0.25) is 0 Å². The van der Waals surface area contributed by atoms with Gasteiger partial charge in [0.1, 0.15) is 0 Å². The molecule has 1 fully saturated rings. The van der Waals surface area contributed by atoms with E-state index in [1.807, 2.05) is 0 Å². The highest BCUT2D eigenvalue weighted by molar-refractivity contribution is 4.68. The number of rotatable bonds is 4. The molecule has 0 aromatic carbocycles. The van der Waals surface area contributed by atoms with Gasteiger partial charge in [-0.05, 0) is 25.8 Å². The van der Waals surface area contributed by atoms with E-state index in [0.29, 0.717) is 0 Å². The Balaban J connectivity index is 2.13. The van der Waals surface area contributed by atoms with E-state index in [-0.39, 0.29) is 0 Å². The molecular weight excluding hydrogens is 182 g/mol. The summed E-state index contributed by atoms with van der Waals surface area (Å²) >= 11 is 0. The van der Waals surface area contributed by atoms with E-state index >= 15 is 0 Å². The predicted octanol–water partition coefficient (Wildman–Crippen LogP) is 4.27. The van der Waals surface area contributed by atoms with Crippen molar-refractivity contribution in [3.05, 3.63) is 0 Å². The van der Waals surface area contributed by atoms with Crippen molar-refractivity contribution in [3.63, 3.8) is 0 Å². The first-order chi connectivity index (χ1) is 7.43. The summed E-state index contributed by atoms with van der Waals surface area (Å²) in [4.78, 5) is 0. The Morgan fingerprint density at radius 3 is 2.47 bits per heavy atom. The lowest BCUT2D eigenvalue weighted by atomic mass is 9.99. The first kappa shape index (κ1) is 13.0. The van der Waals surface area contributed by atoms with Crippen molar-refractivity contribution in [1.82, 2.24) is 5.32 Å². The standard InChI is InChI=1S/C14H29N/c1-2-3-8-11-14-12-9-6-4-5-7-10-13-15-14/h14-15H,2-13H2,1H3. The highest BCUT2D eigenvalue weighted by Crippen LogP contribution is 2.14. The zero-order valence-electron chi connectivity index (χ0n) is 10.6. The lowest BCUT2D eigenvalue weighted by Crippen LogP contribution is -2.30. The summed E-state index contributed by atoms with van der Waals surface area (Å²) in [6.45, 7) is 3.55. The first-order valence-electron chi connectivity index (χ1n) is 7.17. The van der Waals surface area contributed by atoms with Gasteiger partial charge >= 0.3 is 0 Å². The van der Waals surface area contributed by atoms with Crippen LogP contribution < -0.4 is 5.32 Å². The van der Waals surface area contributed by atoms with Gasteiger partial charge in [-0.25, -0.2) is 0 Å². The molecule has 0 spiro atoms. The molecule has 90 valence electrons. The van der Waals surface area contributed by atoms with E-state index in [9.17, 15) is 0 Å². The second-order valence-electron chi connectivity index (χ2n) is 5.06. The van der Waals surface area contributed by atoms with Crippen molar-refractivity contribution < 1.29 is 0 Å². The van der Waals surface area contributed by atoms with E-state index in [4.69, 9.17) is 0 Å². The molecule has 1 aliphatic heterocycles. The number of hydrogen-bond acceptors (Lipinski definition) is 1. The molecule has 0 amide bonds. The summed E-state index contributed by atoms with van der Waals surface area (Å²) in [5, 5.41) is 3.75. The fraction of sp³-hybridized carbons (Fsp3) is 1.00. The lowest BCUT2D eigenvalue weighted by molar-refractivity contribution is 0.397. The Labute approximate surface area is 96.0 Å². The van der Waals surface area contributed by atoms with Crippen molar-refractivity contribution in [2.45, 2.75) is 83.6 Å². The van der Waals surface area contributed by atoms with Crippen LogP contribution in [0.4, 0.5) is 0 Å². The van der Waals surface area contributed by atoms with Gasteiger partial charge in [0.05, 0.1) is 0 Å². The zero-order chi connectivity index (χ0) is 10.8. The average Bonchev–Trinajstić information content (AvgIpc) is 2.27. The van der Waals surface area contributed by atoms with E-state index in [2.05, 4.69) is 12.2 Å². The van der Waals surface area contributed by atoms with Gasteiger partial charge in [0.15, 0.2) is 0 Å². The van der Waals surface area contributed by atoms with E-state index < -0.39 is 0 Å². The zero-order valence-corrected chi connectivity index (χ0v) is 10.6. The molecule has 1 atom stereocenters. The first-order valence-corrected chi connectivity index (χ1v) is 7.17. The van der Waals surface area contributed by atoms with Crippen molar-refractivity contribution in [2.24, 2.45) is 0 Å². The van der Waals surface area contributed by atoms with Crippen LogP contribution in [0.3, 0.4) is 0 Å². The molecule has 0 aromatic rings. The average molecular weight is 211 g/mol. The van der Waals surface area contributed by atoms with E-state index in [0.717, 1.165) is 6.04 Å². The summed E-state index contributed by atoms with van der Waals surface area (Å²) < 4.78 is 0. The van der Waals surface area contributed by atoms with Crippen molar-refractivity contribution in [3.8, 4) is 0 Å². The number of hydrogen-bond donors (Lipinski definition) is 1. The molecule has 0 aliphatic carbocycles. The highest BCUT2D eigenvalue weighted by atomic mass is 14.9. The molecule has 1 heterocycles. The van der Waals surface area contributed by atoms with Gasteiger partial charge in [-0.1, -0.05) is 58.3 Å². The molecule has 0 bridgehead atoms. The summed E-state index contributed by atoms with van der Waals surface area (Å²) in [7, 11) is 0. The minimum Gasteiger partial charge on any atom is -0.314 e. The van der Waals surface area contributed by atoms with Crippen LogP contribution >= 0.6 is 0 Å². The molecule has 1 N–H and O–H groups in total. The number of unbranched alkanes of at least 4 members (excludes halogenated alkanes) is 2. The predicted molar refractivity (Wildman–Crippen MR) is 68.3 cm³/mol.